The van der Waals surface area contributed by atoms with E-state index in [0.717, 1.165) is 50.1 Å². The molecule has 0 bridgehead atoms. The van der Waals surface area contributed by atoms with Crippen LogP contribution in [0.15, 0.2) is 206 Å². The molecule has 0 atom stereocenters. The van der Waals surface area contributed by atoms with Gasteiger partial charge in [-0.15, -0.1) is 0 Å². The number of fused-ring (bicyclic) bond motifs is 3. The van der Waals surface area contributed by atoms with Crippen LogP contribution in [0.25, 0.3) is 72.0 Å². The summed E-state index contributed by atoms with van der Waals surface area (Å²) in [5.74, 6) is -2.29. The smallest absolute Gasteiger partial charge is 0.186 e. The number of hydrogen-bond donors (Lipinski definition) is 4. The molecule has 10 aromatic rings. The third-order valence-electron chi connectivity index (χ3n) is 11.3. The molecule has 6 nitrogen and oxygen atoms in total. The van der Waals surface area contributed by atoms with Crippen molar-refractivity contribution in [2.24, 2.45) is 0 Å². The minimum atomic E-state index is -0.583. The molecule has 4 N–H and O–H groups in total. The molecule has 0 saturated heterocycles. The Morgan fingerprint density at radius 3 is 1.22 bits per heavy atom. The van der Waals surface area contributed by atoms with Gasteiger partial charge >= 0.3 is 0 Å². The van der Waals surface area contributed by atoms with Gasteiger partial charge in [0.25, 0.3) is 0 Å². The van der Waals surface area contributed by atoms with E-state index in [2.05, 4.69) is 65.2 Å². The average Bonchev–Trinajstić information content (AvgIpc) is 3.65. The van der Waals surface area contributed by atoms with Crippen LogP contribution in [0.1, 0.15) is 0 Å². The monoisotopic (exact) mass is 778 g/mol. The number of phenolic OH excluding ortho intramolecular Hbond substituents is 4. The van der Waals surface area contributed by atoms with Crippen molar-refractivity contribution in [3.8, 4) is 73.2 Å². The molecule has 9 aromatic carbocycles. The van der Waals surface area contributed by atoms with E-state index in [9.17, 15) is 20.4 Å². The SMILES string of the molecule is Oc1c(O)c(N(c2ccc(-c3ccccc3)cc2)c2ccc(-c3ccccc3-n3c4ccccc4c4ccccc43)cc2)c(O)c(O)c1-c1ccc(-c2ccccc2)cc1. The van der Waals surface area contributed by atoms with Gasteiger partial charge in [0.1, 0.15) is 5.69 Å². The zero-order valence-electron chi connectivity index (χ0n) is 32.3. The van der Waals surface area contributed by atoms with Crippen LogP contribution < -0.4 is 4.90 Å². The summed E-state index contributed by atoms with van der Waals surface area (Å²) in [6.07, 6.45) is 0. The van der Waals surface area contributed by atoms with Crippen LogP contribution in [0.5, 0.6) is 23.0 Å². The Morgan fingerprint density at radius 2 is 0.700 bits per heavy atom. The van der Waals surface area contributed by atoms with Gasteiger partial charge in [-0.05, 0) is 75.8 Å². The molecule has 0 saturated carbocycles. The van der Waals surface area contributed by atoms with Gasteiger partial charge in [0.05, 0.1) is 22.3 Å². The van der Waals surface area contributed by atoms with Gasteiger partial charge in [0, 0.05) is 27.7 Å². The summed E-state index contributed by atoms with van der Waals surface area (Å²) in [5, 5.41) is 49.5. The van der Waals surface area contributed by atoms with Crippen LogP contribution in [0, 0.1) is 0 Å². The number of phenols is 4. The average molecular weight is 779 g/mol. The predicted octanol–water partition coefficient (Wildman–Crippen LogP) is 13.7. The summed E-state index contributed by atoms with van der Waals surface area (Å²) in [4.78, 5) is 1.64. The van der Waals surface area contributed by atoms with E-state index in [1.165, 1.54) is 10.8 Å². The second-order valence-electron chi connectivity index (χ2n) is 14.7. The highest BCUT2D eigenvalue weighted by Crippen LogP contribution is 2.58. The number of aromatic hydroxyl groups is 4. The third-order valence-corrected chi connectivity index (χ3v) is 11.3. The van der Waals surface area contributed by atoms with E-state index < -0.39 is 23.0 Å². The van der Waals surface area contributed by atoms with Gasteiger partial charge in [-0.1, -0.05) is 164 Å². The van der Waals surface area contributed by atoms with Gasteiger partial charge < -0.3 is 29.9 Å². The lowest BCUT2D eigenvalue weighted by atomic mass is 9.97. The highest BCUT2D eigenvalue weighted by atomic mass is 16.3. The normalized spacial score (nSPS) is 11.3. The molecule has 0 aliphatic heterocycles. The van der Waals surface area contributed by atoms with Crippen molar-refractivity contribution in [3.05, 3.63) is 206 Å². The largest absolute Gasteiger partial charge is 0.504 e. The maximum Gasteiger partial charge on any atom is 0.186 e. The van der Waals surface area contributed by atoms with Gasteiger partial charge in [-0.2, -0.15) is 0 Å². The predicted molar refractivity (Wildman–Crippen MR) is 244 cm³/mol. The van der Waals surface area contributed by atoms with Crippen molar-refractivity contribution in [1.29, 1.82) is 0 Å². The Balaban J connectivity index is 1.09. The number of hydrogen-bond acceptors (Lipinski definition) is 5. The lowest BCUT2D eigenvalue weighted by Crippen LogP contribution is -2.11. The molecule has 10 rings (SSSR count). The summed E-state index contributed by atoms with van der Waals surface area (Å²) < 4.78 is 2.30. The summed E-state index contributed by atoms with van der Waals surface area (Å²) in [5.41, 5.74) is 10.5. The van der Waals surface area contributed by atoms with Gasteiger partial charge in [-0.25, -0.2) is 0 Å². The molecule has 0 radical (unpaired) electrons. The molecular weight excluding hydrogens is 741 g/mol. The standard InChI is InChI=1S/C54H38N2O4/c57-51-49(40-25-23-37(24-26-40)35-13-3-1-4-14-35)52(58)54(60)50(53(51)59)55(41-31-27-38(28-32-41)36-15-5-2-6-16-36)42-33-29-39(30-34-42)43-17-7-10-20-46(43)56-47-21-11-8-18-44(47)45-19-9-12-22-48(45)56/h1-34,57-60H. The van der Waals surface area contributed by atoms with Crippen LogP contribution >= 0.6 is 0 Å². The first-order valence-electron chi connectivity index (χ1n) is 19.8. The highest BCUT2D eigenvalue weighted by molar-refractivity contribution is 6.09. The molecule has 0 spiro atoms. The number of rotatable bonds is 8. The molecular formula is C54H38N2O4. The Morgan fingerprint density at radius 1 is 0.317 bits per heavy atom. The number of nitrogens with zero attached hydrogens (tertiary/aromatic N) is 2. The van der Waals surface area contributed by atoms with E-state index >= 15 is 0 Å². The first-order chi connectivity index (χ1) is 29.5. The molecule has 0 unspecified atom stereocenters. The zero-order chi connectivity index (χ0) is 40.7. The first kappa shape index (κ1) is 36.1. The summed E-state index contributed by atoms with van der Waals surface area (Å²) in [6.45, 7) is 0. The maximum atomic E-state index is 11.9. The number of benzene rings is 9. The number of para-hydroxylation sites is 3. The van der Waals surface area contributed by atoms with E-state index in [1.54, 1.807) is 17.0 Å². The van der Waals surface area contributed by atoms with Crippen LogP contribution in [-0.4, -0.2) is 25.0 Å². The zero-order valence-corrected chi connectivity index (χ0v) is 32.3. The van der Waals surface area contributed by atoms with E-state index in [4.69, 9.17) is 0 Å². The highest BCUT2D eigenvalue weighted by Gasteiger charge is 2.30. The molecule has 1 aromatic heterocycles. The van der Waals surface area contributed by atoms with E-state index in [1.807, 2.05) is 133 Å². The fraction of sp³-hybridized carbons (Fsp3) is 0. The topological polar surface area (TPSA) is 89.1 Å². The molecule has 288 valence electrons. The van der Waals surface area contributed by atoms with Crippen molar-refractivity contribution >= 4 is 38.9 Å². The Hall–Kier alpha value is -8.22. The van der Waals surface area contributed by atoms with Crippen molar-refractivity contribution in [3.63, 3.8) is 0 Å². The summed E-state index contributed by atoms with van der Waals surface area (Å²) >= 11 is 0. The summed E-state index contributed by atoms with van der Waals surface area (Å²) in [7, 11) is 0. The van der Waals surface area contributed by atoms with Gasteiger partial charge in [0.2, 0.25) is 0 Å². The minimum absolute atomic E-state index is 0.0789. The van der Waals surface area contributed by atoms with Crippen LogP contribution in [-0.2, 0) is 0 Å². The minimum Gasteiger partial charge on any atom is -0.504 e. The first-order valence-corrected chi connectivity index (χ1v) is 19.8. The molecule has 0 aliphatic carbocycles. The number of anilines is 3. The second kappa shape index (κ2) is 14.9. The Kier molecular flexibility index (Phi) is 9.00. The lowest BCUT2D eigenvalue weighted by Gasteiger charge is -2.28. The maximum absolute atomic E-state index is 11.9. The molecule has 6 heteroatoms. The molecule has 60 heavy (non-hydrogen) atoms. The Bertz CT molecular complexity index is 3080. The van der Waals surface area contributed by atoms with Crippen molar-refractivity contribution in [1.82, 2.24) is 4.57 Å². The molecule has 1 heterocycles. The molecule has 0 aliphatic rings. The lowest BCUT2D eigenvalue weighted by molar-refractivity contribution is 0.377. The van der Waals surface area contributed by atoms with Gasteiger partial charge in [-0.3, -0.25) is 0 Å². The summed E-state index contributed by atoms with van der Waals surface area (Å²) in [6, 6.07) is 67.7. The van der Waals surface area contributed by atoms with Crippen LogP contribution in [0.2, 0.25) is 0 Å². The Labute approximate surface area is 347 Å². The fourth-order valence-electron chi connectivity index (χ4n) is 8.36. The van der Waals surface area contributed by atoms with E-state index in [0.29, 0.717) is 16.9 Å². The second-order valence-corrected chi connectivity index (χ2v) is 14.7. The molecule has 0 fully saturated rings. The van der Waals surface area contributed by atoms with Gasteiger partial charge in [0.15, 0.2) is 23.0 Å². The van der Waals surface area contributed by atoms with Crippen molar-refractivity contribution in [2.75, 3.05) is 4.90 Å². The van der Waals surface area contributed by atoms with Crippen molar-refractivity contribution in [2.45, 2.75) is 0 Å². The quantitative estimate of drug-likeness (QED) is 0.0911. The fourth-order valence-corrected chi connectivity index (χ4v) is 8.36. The van der Waals surface area contributed by atoms with Crippen LogP contribution in [0.3, 0.4) is 0 Å². The van der Waals surface area contributed by atoms with Crippen molar-refractivity contribution < 1.29 is 20.4 Å². The number of aromatic nitrogens is 1. The van der Waals surface area contributed by atoms with E-state index in [-0.39, 0.29) is 11.3 Å². The molecule has 0 amide bonds. The third kappa shape index (κ3) is 6.15. The van der Waals surface area contributed by atoms with Crippen LogP contribution in [0.4, 0.5) is 17.1 Å².